The lowest BCUT2D eigenvalue weighted by molar-refractivity contribution is 1.03. The molecule has 3 nitrogen and oxygen atoms in total. The minimum atomic E-state index is 0.688. The molecule has 52 valence electrons. The van der Waals surface area contributed by atoms with Crippen LogP contribution in [0.3, 0.4) is 0 Å². The monoisotopic (exact) mass is 135 g/mol. The third-order valence-electron chi connectivity index (χ3n) is 1.15. The Labute approximate surface area is 59.5 Å². The van der Waals surface area contributed by atoms with Gasteiger partial charge < -0.3 is 4.98 Å². The summed E-state index contributed by atoms with van der Waals surface area (Å²) in [7, 11) is 0. The molecule has 0 bridgehead atoms. The largest absolute Gasteiger partial charge is 0.325 e. The summed E-state index contributed by atoms with van der Waals surface area (Å²) >= 11 is 0. The maximum Gasteiger partial charge on any atom is 0.160 e. The van der Waals surface area contributed by atoms with Crippen molar-refractivity contribution in [3.05, 3.63) is 30.9 Å². The van der Waals surface area contributed by atoms with E-state index in [1.807, 2.05) is 6.92 Å². The van der Waals surface area contributed by atoms with Crippen molar-refractivity contribution in [1.29, 1.82) is 0 Å². The number of aromatic nitrogens is 3. The first-order valence-electron chi connectivity index (χ1n) is 2.95. The number of hydrogen-bond acceptors (Lipinski definition) is 2. The van der Waals surface area contributed by atoms with Crippen molar-refractivity contribution in [3.63, 3.8) is 0 Å². The maximum absolute atomic E-state index is 3.81. The van der Waals surface area contributed by atoms with Crippen molar-refractivity contribution < 1.29 is 0 Å². The molecule has 0 aromatic carbocycles. The van der Waals surface area contributed by atoms with E-state index in [2.05, 4.69) is 28.3 Å². The fourth-order valence-corrected chi connectivity index (χ4v) is 0.588. The first-order chi connectivity index (χ1) is 4.74. The molecule has 0 unspecified atom stereocenters. The summed E-state index contributed by atoms with van der Waals surface area (Å²) in [6.07, 6.45) is 1.64. The topological polar surface area (TPSA) is 41.6 Å². The lowest BCUT2D eigenvalue weighted by Crippen LogP contribution is -1.80. The fraction of sp³-hybridized carbons (Fsp3) is 0.143. The van der Waals surface area contributed by atoms with E-state index in [0.717, 1.165) is 11.4 Å². The van der Waals surface area contributed by atoms with Crippen molar-refractivity contribution in [2.75, 3.05) is 0 Å². The molecule has 0 atom stereocenters. The predicted molar refractivity (Wildman–Crippen MR) is 40.4 cm³/mol. The first-order valence-corrected chi connectivity index (χ1v) is 2.95. The van der Waals surface area contributed by atoms with Crippen LogP contribution >= 0.6 is 0 Å². The van der Waals surface area contributed by atoms with E-state index in [1.165, 1.54) is 0 Å². The molecular formula is C7H9N3. The number of nitrogens with zero attached hydrogens (tertiary/aromatic N) is 2. The highest BCUT2D eigenvalue weighted by Gasteiger charge is 1.98. The lowest BCUT2D eigenvalue weighted by atomic mass is 10.3. The molecule has 0 radical (unpaired) electrons. The Morgan fingerprint density at radius 2 is 2.30 bits per heavy atom. The molecule has 3 heteroatoms. The molecular weight excluding hydrogens is 126 g/mol. The van der Waals surface area contributed by atoms with Crippen LogP contribution in [0.4, 0.5) is 0 Å². The molecule has 1 N–H and O–H groups in total. The fourth-order valence-electron chi connectivity index (χ4n) is 0.588. The van der Waals surface area contributed by atoms with E-state index in [0.29, 0.717) is 5.82 Å². The molecule has 0 amide bonds. The molecule has 0 aliphatic heterocycles. The summed E-state index contributed by atoms with van der Waals surface area (Å²) in [6.45, 7) is 9.10. The summed E-state index contributed by atoms with van der Waals surface area (Å²) in [5, 5.41) is 7.58. The summed E-state index contributed by atoms with van der Waals surface area (Å²) in [4.78, 5) is 2.93. The van der Waals surface area contributed by atoms with Crippen LogP contribution in [0.2, 0.25) is 0 Å². The number of allylic oxidation sites excluding steroid dienone is 2. The van der Waals surface area contributed by atoms with Crippen LogP contribution < -0.4 is 0 Å². The van der Waals surface area contributed by atoms with Gasteiger partial charge in [-0.05, 0) is 6.92 Å². The molecule has 1 aromatic heterocycles. The van der Waals surface area contributed by atoms with Gasteiger partial charge in [0.15, 0.2) is 5.82 Å². The number of rotatable bonds is 2. The maximum atomic E-state index is 3.81. The van der Waals surface area contributed by atoms with Crippen LogP contribution in [0, 0.1) is 6.92 Å². The second-order valence-electron chi connectivity index (χ2n) is 1.99. The molecule has 1 aromatic rings. The highest BCUT2D eigenvalue weighted by atomic mass is 15.2. The predicted octanol–water partition coefficient (Wildman–Crippen LogP) is 1.31. The molecule has 0 aliphatic carbocycles. The van der Waals surface area contributed by atoms with Gasteiger partial charge in [0.25, 0.3) is 0 Å². The Morgan fingerprint density at radius 3 is 2.70 bits per heavy atom. The first kappa shape index (κ1) is 6.74. The Hall–Kier alpha value is -1.38. The minimum Gasteiger partial charge on any atom is -0.325 e. The average molecular weight is 135 g/mol. The van der Waals surface area contributed by atoms with Gasteiger partial charge in [-0.3, -0.25) is 0 Å². The van der Waals surface area contributed by atoms with Crippen LogP contribution in [0.1, 0.15) is 11.6 Å². The van der Waals surface area contributed by atoms with E-state index in [9.17, 15) is 0 Å². The Kier molecular flexibility index (Phi) is 1.67. The average Bonchev–Trinajstić information content (AvgIpc) is 2.34. The Balaban J connectivity index is 2.95. The van der Waals surface area contributed by atoms with E-state index in [-0.39, 0.29) is 0 Å². The Bertz CT molecular complexity index is 260. The van der Waals surface area contributed by atoms with E-state index < -0.39 is 0 Å². The van der Waals surface area contributed by atoms with Gasteiger partial charge in [-0.25, -0.2) is 0 Å². The number of hydrogen-bond donors (Lipinski definition) is 1. The number of H-pyrrole nitrogens is 1. The van der Waals surface area contributed by atoms with Crippen molar-refractivity contribution >= 4 is 5.57 Å². The highest BCUT2D eigenvalue weighted by Crippen LogP contribution is 2.05. The van der Waals surface area contributed by atoms with Crippen LogP contribution in [0.15, 0.2) is 19.2 Å². The van der Waals surface area contributed by atoms with Gasteiger partial charge in [-0.1, -0.05) is 19.2 Å². The van der Waals surface area contributed by atoms with Crippen molar-refractivity contribution in [2.24, 2.45) is 0 Å². The molecule has 10 heavy (non-hydrogen) atoms. The molecule has 1 heterocycles. The van der Waals surface area contributed by atoms with Gasteiger partial charge >= 0.3 is 0 Å². The number of aromatic amines is 1. The van der Waals surface area contributed by atoms with E-state index in [1.54, 1.807) is 6.08 Å². The number of nitrogens with one attached hydrogen (secondary N) is 1. The smallest absolute Gasteiger partial charge is 0.160 e. The summed E-state index contributed by atoms with van der Waals surface area (Å²) < 4.78 is 0. The second-order valence-corrected chi connectivity index (χ2v) is 1.99. The standard InChI is InChI=1S/C7H9N3/c1-4-5(2)7-8-6(3)9-10-7/h4H,1-2H2,3H3,(H,8,9,10). The molecule has 0 saturated carbocycles. The van der Waals surface area contributed by atoms with Crippen molar-refractivity contribution in [2.45, 2.75) is 6.92 Å². The molecule has 0 saturated heterocycles. The summed E-state index contributed by atoms with van der Waals surface area (Å²) in [6, 6.07) is 0. The molecule has 0 fully saturated rings. The van der Waals surface area contributed by atoms with Crippen LogP contribution in [0.5, 0.6) is 0 Å². The van der Waals surface area contributed by atoms with Gasteiger partial charge in [0, 0.05) is 5.57 Å². The lowest BCUT2D eigenvalue weighted by Gasteiger charge is -1.88. The third-order valence-corrected chi connectivity index (χ3v) is 1.15. The van der Waals surface area contributed by atoms with Crippen LogP contribution in [-0.2, 0) is 0 Å². The van der Waals surface area contributed by atoms with Gasteiger partial charge in [0.05, 0.1) is 0 Å². The normalized spacial score (nSPS) is 9.30. The Morgan fingerprint density at radius 1 is 1.60 bits per heavy atom. The zero-order chi connectivity index (χ0) is 7.56. The highest BCUT2D eigenvalue weighted by molar-refractivity contribution is 5.65. The van der Waals surface area contributed by atoms with Gasteiger partial charge in [-0.15, -0.1) is 10.2 Å². The van der Waals surface area contributed by atoms with Crippen molar-refractivity contribution in [1.82, 2.24) is 15.2 Å². The van der Waals surface area contributed by atoms with Crippen LogP contribution in [0.25, 0.3) is 5.57 Å². The van der Waals surface area contributed by atoms with Crippen molar-refractivity contribution in [3.8, 4) is 0 Å². The quantitative estimate of drug-likeness (QED) is 0.621. The molecule has 0 spiro atoms. The zero-order valence-corrected chi connectivity index (χ0v) is 5.89. The summed E-state index contributed by atoms with van der Waals surface area (Å²) in [5.41, 5.74) is 0.764. The van der Waals surface area contributed by atoms with E-state index in [4.69, 9.17) is 0 Å². The second kappa shape index (κ2) is 2.47. The van der Waals surface area contributed by atoms with Gasteiger partial charge in [0.2, 0.25) is 0 Å². The van der Waals surface area contributed by atoms with Gasteiger partial charge in [-0.2, -0.15) is 0 Å². The molecule has 0 aliphatic rings. The van der Waals surface area contributed by atoms with E-state index >= 15 is 0 Å². The molecule has 1 rings (SSSR count). The zero-order valence-electron chi connectivity index (χ0n) is 5.89. The van der Waals surface area contributed by atoms with Gasteiger partial charge in [0.1, 0.15) is 5.82 Å². The minimum absolute atomic E-state index is 0.688. The third kappa shape index (κ3) is 1.13. The SMILES string of the molecule is C=CC(=C)c1nnc(C)[nH]1. The number of aryl methyl sites for hydroxylation is 1. The van der Waals surface area contributed by atoms with Crippen LogP contribution in [-0.4, -0.2) is 15.2 Å². The summed E-state index contributed by atoms with van der Waals surface area (Å²) in [5.74, 6) is 1.48.